The average Bonchev–Trinajstić information content (AvgIpc) is 2.58. The molecule has 1 aromatic rings. The summed E-state index contributed by atoms with van der Waals surface area (Å²) in [6.07, 6.45) is 10.3. The van der Waals surface area contributed by atoms with Crippen LogP contribution in [0.5, 0.6) is 0 Å². The monoisotopic (exact) mass is 316 g/mol. The van der Waals surface area contributed by atoms with Gasteiger partial charge in [-0.1, -0.05) is 12.1 Å². The molecule has 0 saturated carbocycles. The van der Waals surface area contributed by atoms with E-state index >= 15 is 0 Å². The second-order valence-electron chi connectivity index (χ2n) is 4.64. The number of aromatic nitrogens is 1. The predicted molar refractivity (Wildman–Crippen MR) is 86.3 cm³/mol. The summed E-state index contributed by atoms with van der Waals surface area (Å²) >= 11 is 0. The van der Waals surface area contributed by atoms with Gasteiger partial charge in [0.05, 0.1) is 13.2 Å². The molecule has 2 N–H and O–H groups in total. The molecule has 0 saturated heterocycles. The summed E-state index contributed by atoms with van der Waals surface area (Å²) in [5.74, 6) is 0. The molecule has 122 valence electrons. The topological polar surface area (TPSA) is 98.1 Å². The first-order valence-electron chi connectivity index (χ1n) is 7.28. The maximum absolute atomic E-state index is 9.01. The molecule has 2 heterocycles. The van der Waals surface area contributed by atoms with E-state index in [4.69, 9.17) is 10.2 Å². The van der Waals surface area contributed by atoms with Gasteiger partial charge in [0.2, 0.25) is 0 Å². The van der Waals surface area contributed by atoms with Gasteiger partial charge in [0.1, 0.15) is 0 Å². The van der Waals surface area contributed by atoms with Crippen molar-refractivity contribution in [2.75, 3.05) is 19.8 Å². The molecule has 0 fully saturated rings. The summed E-state index contributed by atoms with van der Waals surface area (Å²) in [6, 6.07) is 5.49. The molecule has 8 heteroatoms. The summed E-state index contributed by atoms with van der Waals surface area (Å²) in [5, 5.41) is 33.9. The van der Waals surface area contributed by atoms with Crippen LogP contribution >= 0.6 is 0 Å². The third-order valence-corrected chi connectivity index (χ3v) is 3.08. The Labute approximate surface area is 134 Å². The highest BCUT2D eigenvalue weighted by molar-refractivity contribution is 5.53. The first-order valence-corrected chi connectivity index (χ1v) is 7.28. The molecule has 23 heavy (non-hydrogen) atoms. The maximum atomic E-state index is 9.01. The second kappa shape index (κ2) is 9.44. The molecular formula is C15H20N6O2. The molecule has 0 bridgehead atoms. The van der Waals surface area contributed by atoms with Crippen LogP contribution < -0.4 is 5.49 Å². The number of allylic oxidation sites excluding steroid dienone is 2. The lowest BCUT2D eigenvalue weighted by Gasteiger charge is -2.25. The van der Waals surface area contributed by atoms with Gasteiger partial charge >= 0.3 is 0 Å². The van der Waals surface area contributed by atoms with Gasteiger partial charge in [-0.2, -0.15) is 5.11 Å². The molecule has 1 unspecified atom stereocenters. The van der Waals surface area contributed by atoms with Crippen molar-refractivity contribution >= 4 is 6.34 Å². The van der Waals surface area contributed by atoms with Crippen molar-refractivity contribution < 1.29 is 10.2 Å². The van der Waals surface area contributed by atoms with E-state index in [2.05, 4.69) is 20.4 Å². The van der Waals surface area contributed by atoms with Crippen molar-refractivity contribution in [3.05, 3.63) is 54.3 Å². The fourth-order valence-electron chi connectivity index (χ4n) is 2.01. The molecule has 1 atom stereocenters. The van der Waals surface area contributed by atoms with E-state index in [1.165, 1.54) is 6.34 Å². The van der Waals surface area contributed by atoms with Crippen molar-refractivity contribution in [2.45, 2.75) is 12.7 Å². The van der Waals surface area contributed by atoms with Gasteiger partial charge in [0, 0.05) is 25.5 Å². The SMILES string of the molecule is OCCN1C=CC=CC1N=N/C=N/N=c1\ccccn1CCO. The fraction of sp³-hybridized carbons (Fsp3) is 0.333. The smallest absolute Gasteiger partial charge is 0.161 e. The number of aliphatic hydroxyl groups is 2. The molecule has 0 aromatic carbocycles. The summed E-state index contributed by atoms with van der Waals surface area (Å²) in [4.78, 5) is 1.86. The van der Waals surface area contributed by atoms with Crippen LogP contribution in [-0.4, -0.2) is 51.9 Å². The molecule has 1 aromatic heterocycles. The Morgan fingerprint density at radius 1 is 1.13 bits per heavy atom. The third-order valence-electron chi connectivity index (χ3n) is 3.08. The highest BCUT2D eigenvalue weighted by atomic mass is 16.3. The molecule has 2 rings (SSSR count). The van der Waals surface area contributed by atoms with Gasteiger partial charge in [-0.15, -0.1) is 15.3 Å². The van der Waals surface area contributed by atoms with E-state index in [9.17, 15) is 0 Å². The quantitative estimate of drug-likeness (QED) is 0.331. The molecular weight excluding hydrogens is 296 g/mol. The second-order valence-corrected chi connectivity index (χ2v) is 4.64. The first-order chi connectivity index (χ1) is 11.3. The number of pyridine rings is 1. The fourth-order valence-corrected chi connectivity index (χ4v) is 2.01. The molecule has 0 spiro atoms. The summed E-state index contributed by atoms with van der Waals surface area (Å²) in [6.45, 7) is 1.01. The van der Waals surface area contributed by atoms with Gasteiger partial charge in [-0.3, -0.25) is 0 Å². The van der Waals surface area contributed by atoms with Crippen LogP contribution in [0.4, 0.5) is 0 Å². The highest BCUT2D eigenvalue weighted by Crippen LogP contribution is 2.09. The summed E-state index contributed by atoms with van der Waals surface area (Å²) in [7, 11) is 0. The van der Waals surface area contributed by atoms with Crippen molar-refractivity contribution in [1.29, 1.82) is 0 Å². The average molecular weight is 316 g/mol. The Balaban J connectivity index is 2.00. The van der Waals surface area contributed by atoms with Gasteiger partial charge in [-0.05, 0) is 24.3 Å². The van der Waals surface area contributed by atoms with Crippen molar-refractivity contribution in [2.24, 2.45) is 20.4 Å². The maximum Gasteiger partial charge on any atom is 0.161 e. The van der Waals surface area contributed by atoms with Crippen LogP contribution in [0.2, 0.25) is 0 Å². The number of nitrogens with zero attached hydrogens (tertiary/aromatic N) is 6. The lowest BCUT2D eigenvalue weighted by Crippen LogP contribution is -2.31. The minimum atomic E-state index is -0.255. The number of azo groups is 1. The van der Waals surface area contributed by atoms with Gasteiger partial charge < -0.3 is 19.7 Å². The molecule has 0 amide bonds. The predicted octanol–water partition coefficient (Wildman–Crippen LogP) is 0.480. The normalized spacial score (nSPS) is 18.6. The van der Waals surface area contributed by atoms with E-state index in [0.29, 0.717) is 18.6 Å². The zero-order valence-corrected chi connectivity index (χ0v) is 12.7. The van der Waals surface area contributed by atoms with Crippen LogP contribution in [0.25, 0.3) is 0 Å². The first kappa shape index (κ1) is 16.8. The van der Waals surface area contributed by atoms with E-state index in [-0.39, 0.29) is 19.4 Å². The Bertz CT molecular complexity index is 662. The molecule has 0 radical (unpaired) electrons. The van der Waals surface area contributed by atoms with Crippen LogP contribution in [-0.2, 0) is 6.54 Å². The number of hydrogen-bond acceptors (Lipinski definition) is 6. The molecule has 1 aliphatic rings. The Morgan fingerprint density at radius 3 is 2.83 bits per heavy atom. The van der Waals surface area contributed by atoms with Crippen LogP contribution in [0.3, 0.4) is 0 Å². The molecule has 8 nitrogen and oxygen atoms in total. The number of aliphatic hydroxyl groups excluding tert-OH is 2. The zero-order chi connectivity index (χ0) is 16.3. The van der Waals surface area contributed by atoms with Gasteiger partial charge in [0.15, 0.2) is 18.0 Å². The lowest BCUT2D eigenvalue weighted by molar-refractivity contribution is 0.216. The summed E-state index contributed by atoms with van der Waals surface area (Å²) < 4.78 is 1.78. The van der Waals surface area contributed by atoms with Crippen LogP contribution in [0.15, 0.2) is 69.3 Å². The lowest BCUT2D eigenvalue weighted by atomic mass is 10.3. The van der Waals surface area contributed by atoms with Crippen molar-refractivity contribution in [1.82, 2.24) is 9.47 Å². The largest absolute Gasteiger partial charge is 0.395 e. The minimum Gasteiger partial charge on any atom is -0.395 e. The van der Waals surface area contributed by atoms with E-state index in [1.807, 2.05) is 47.7 Å². The van der Waals surface area contributed by atoms with Crippen LogP contribution in [0, 0.1) is 0 Å². The minimum absolute atomic E-state index is 0.0306. The highest BCUT2D eigenvalue weighted by Gasteiger charge is 2.11. The van der Waals surface area contributed by atoms with Crippen LogP contribution in [0.1, 0.15) is 0 Å². The van der Waals surface area contributed by atoms with E-state index in [1.54, 1.807) is 10.6 Å². The Hall–Kier alpha value is -2.58. The standard InChI is InChI=1S/C15H20N6O2/c22-11-9-20-7-3-1-5-14(20)18-16-13-17-19-15-6-2-4-8-21(15)10-12-23/h1-8,13-14,22-23H,9-12H2/b17-13+,18-16?,19-15+. The number of rotatable bonds is 7. The number of β-amino-alcohol motifs (C(OH)–C–C–N with tert-alkyl or cyclic N) is 1. The zero-order valence-electron chi connectivity index (χ0n) is 12.7. The van der Waals surface area contributed by atoms with Crippen molar-refractivity contribution in [3.8, 4) is 0 Å². The Morgan fingerprint density at radius 2 is 2.00 bits per heavy atom. The summed E-state index contributed by atoms with van der Waals surface area (Å²) in [5.41, 5.74) is 0.621. The van der Waals surface area contributed by atoms with Crippen molar-refractivity contribution in [3.63, 3.8) is 0 Å². The van der Waals surface area contributed by atoms with E-state index < -0.39 is 0 Å². The molecule has 0 aliphatic carbocycles. The van der Waals surface area contributed by atoms with E-state index in [0.717, 1.165) is 0 Å². The molecule has 1 aliphatic heterocycles. The Kier molecular flexibility index (Phi) is 6.89. The third kappa shape index (κ3) is 5.28. The number of hydrogen-bond donors (Lipinski definition) is 2. The van der Waals surface area contributed by atoms with Gasteiger partial charge in [0.25, 0.3) is 0 Å². The van der Waals surface area contributed by atoms with Gasteiger partial charge in [-0.25, -0.2) is 0 Å².